The van der Waals surface area contributed by atoms with E-state index in [0.29, 0.717) is 30.7 Å². The molecule has 1 N–H and O–H groups in total. The van der Waals surface area contributed by atoms with E-state index in [1.54, 1.807) is 16.6 Å². The number of tetrazole rings is 1. The van der Waals surface area contributed by atoms with Crippen LogP contribution >= 0.6 is 0 Å². The number of amides is 1. The Hall–Kier alpha value is -3.34. The average Bonchev–Trinajstić information content (AvgIpc) is 3.49. The van der Waals surface area contributed by atoms with Crippen LogP contribution in [0.1, 0.15) is 67.0 Å². The summed E-state index contributed by atoms with van der Waals surface area (Å²) in [5.74, 6) is 0.708. The van der Waals surface area contributed by atoms with Crippen molar-refractivity contribution in [2.24, 2.45) is 0 Å². The largest absolute Gasteiger partial charge is 0.352 e. The molecule has 0 saturated heterocycles. The number of sulfone groups is 1. The Morgan fingerprint density at radius 1 is 1.06 bits per heavy atom. The lowest BCUT2D eigenvalue weighted by Crippen LogP contribution is -2.24. The molecule has 1 aromatic carbocycles. The van der Waals surface area contributed by atoms with Crippen molar-refractivity contribution in [2.45, 2.75) is 71.2 Å². The monoisotopic (exact) mass is 511 g/mol. The number of fused-ring (bicyclic) bond motifs is 3. The zero-order chi connectivity index (χ0) is 25.9. The number of aryl methyl sites for hydroxylation is 4. The summed E-state index contributed by atoms with van der Waals surface area (Å²) >= 11 is 0. The summed E-state index contributed by atoms with van der Waals surface area (Å²) in [4.78, 5) is 17.3. The van der Waals surface area contributed by atoms with Gasteiger partial charge in [0.2, 0.25) is 5.65 Å². The van der Waals surface area contributed by atoms with Crippen LogP contribution in [0.25, 0.3) is 16.7 Å². The lowest BCUT2D eigenvalue weighted by Gasteiger charge is -2.12. The van der Waals surface area contributed by atoms with Crippen LogP contribution in [0.3, 0.4) is 0 Å². The normalized spacial score (nSPS) is 12.0. The molecule has 0 saturated carbocycles. The summed E-state index contributed by atoms with van der Waals surface area (Å²) in [5.41, 5.74) is 4.71. The van der Waals surface area contributed by atoms with Gasteiger partial charge in [-0.3, -0.25) is 4.79 Å². The number of unbranched alkanes of at least 4 members (excludes halogenated alkanes) is 1. The van der Waals surface area contributed by atoms with Crippen LogP contribution in [-0.4, -0.2) is 56.2 Å². The molecule has 4 aromatic rings. The second kappa shape index (κ2) is 10.7. The molecule has 0 aliphatic carbocycles. The molecule has 0 bridgehead atoms. The molecule has 0 spiro atoms. The minimum atomic E-state index is -3.50. The van der Waals surface area contributed by atoms with Crippen molar-refractivity contribution in [1.82, 2.24) is 34.9 Å². The predicted octanol–water partition coefficient (Wildman–Crippen LogP) is 3.44. The van der Waals surface area contributed by atoms with Gasteiger partial charge in [0.1, 0.15) is 11.3 Å². The molecular formula is C25H33N7O3S. The average molecular weight is 512 g/mol. The Morgan fingerprint density at radius 2 is 1.81 bits per heavy atom. The third-order valence-corrected chi connectivity index (χ3v) is 8.32. The first-order valence-electron chi connectivity index (χ1n) is 12.5. The number of hydrogen-bond acceptors (Lipinski definition) is 7. The number of nitrogens with one attached hydrogen (secondary N) is 1. The quantitative estimate of drug-likeness (QED) is 0.306. The molecule has 3 aromatic heterocycles. The van der Waals surface area contributed by atoms with Crippen molar-refractivity contribution in [2.75, 3.05) is 12.3 Å². The van der Waals surface area contributed by atoms with Crippen LogP contribution in [0.5, 0.6) is 0 Å². The molecule has 0 radical (unpaired) electrons. The fraction of sp³-hybridized carbons (Fsp3) is 0.480. The second-order valence-electron chi connectivity index (χ2n) is 9.06. The molecule has 36 heavy (non-hydrogen) atoms. The van der Waals surface area contributed by atoms with Gasteiger partial charge in [-0.15, -0.1) is 5.10 Å². The number of aromatic nitrogens is 6. The maximum Gasteiger partial charge on any atom is 0.251 e. The summed E-state index contributed by atoms with van der Waals surface area (Å²) in [6.07, 6.45) is 4.02. The zero-order valence-corrected chi connectivity index (χ0v) is 22.1. The maximum absolute atomic E-state index is 13.0. The van der Waals surface area contributed by atoms with E-state index in [-0.39, 0.29) is 16.6 Å². The lowest BCUT2D eigenvalue weighted by atomic mass is 10.2. The van der Waals surface area contributed by atoms with E-state index in [2.05, 4.69) is 39.3 Å². The Bertz CT molecular complexity index is 1490. The number of hydrogen-bond donors (Lipinski definition) is 1. The second-order valence-corrected chi connectivity index (χ2v) is 11.2. The van der Waals surface area contributed by atoms with E-state index in [1.807, 2.05) is 13.8 Å². The molecule has 3 heterocycles. The molecule has 0 fully saturated rings. The van der Waals surface area contributed by atoms with E-state index in [9.17, 15) is 13.2 Å². The SMILES string of the molecule is CCCCNC(=O)c1ccc(S(=O)(=O)CCCn2c(CCC)nc3c2c(C)c(C)n2nnnc32)cc1. The van der Waals surface area contributed by atoms with E-state index in [0.717, 1.165) is 53.8 Å². The fourth-order valence-electron chi connectivity index (χ4n) is 4.41. The molecule has 0 aliphatic heterocycles. The third-order valence-electron chi connectivity index (χ3n) is 6.50. The number of pyridine rings is 1. The van der Waals surface area contributed by atoms with E-state index in [4.69, 9.17) is 4.98 Å². The van der Waals surface area contributed by atoms with Crippen LogP contribution in [0.2, 0.25) is 0 Å². The number of carbonyl (C=O) groups excluding carboxylic acids is 1. The highest BCUT2D eigenvalue weighted by molar-refractivity contribution is 7.91. The molecule has 4 rings (SSSR count). The zero-order valence-electron chi connectivity index (χ0n) is 21.3. The van der Waals surface area contributed by atoms with Crippen molar-refractivity contribution in [3.8, 4) is 0 Å². The van der Waals surface area contributed by atoms with Gasteiger partial charge < -0.3 is 9.88 Å². The first kappa shape index (κ1) is 25.7. The summed E-state index contributed by atoms with van der Waals surface area (Å²) in [6.45, 7) is 9.25. The fourth-order valence-corrected chi connectivity index (χ4v) is 5.70. The molecule has 0 atom stereocenters. The number of nitrogens with zero attached hydrogens (tertiary/aromatic N) is 6. The molecule has 192 valence electrons. The third kappa shape index (κ3) is 4.97. The van der Waals surface area contributed by atoms with Gasteiger partial charge in [-0.1, -0.05) is 20.3 Å². The highest BCUT2D eigenvalue weighted by Crippen LogP contribution is 2.27. The van der Waals surface area contributed by atoms with Crippen molar-refractivity contribution >= 4 is 32.4 Å². The maximum atomic E-state index is 13.0. The first-order valence-corrected chi connectivity index (χ1v) is 14.1. The Balaban J connectivity index is 1.53. The summed E-state index contributed by atoms with van der Waals surface area (Å²) in [7, 11) is -3.50. The minimum absolute atomic E-state index is 0.00690. The van der Waals surface area contributed by atoms with Crippen LogP contribution in [-0.2, 0) is 22.8 Å². The summed E-state index contributed by atoms with van der Waals surface area (Å²) in [5, 5.41) is 14.9. The minimum Gasteiger partial charge on any atom is -0.352 e. The van der Waals surface area contributed by atoms with Gasteiger partial charge in [-0.05, 0) is 73.4 Å². The molecule has 0 aliphatic rings. The van der Waals surface area contributed by atoms with Crippen molar-refractivity contribution in [3.05, 3.63) is 46.9 Å². The van der Waals surface area contributed by atoms with Gasteiger partial charge in [0, 0.05) is 30.8 Å². The molecule has 11 heteroatoms. The number of carbonyl (C=O) groups is 1. The van der Waals surface area contributed by atoms with Crippen molar-refractivity contribution in [3.63, 3.8) is 0 Å². The topological polar surface area (TPSA) is 124 Å². The van der Waals surface area contributed by atoms with Gasteiger partial charge in [0.25, 0.3) is 5.91 Å². The van der Waals surface area contributed by atoms with E-state index in [1.165, 1.54) is 12.1 Å². The van der Waals surface area contributed by atoms with Gasteiger partial charge in [-0.25, -0.2) is 13.4 Å². The smallest absolute Gasteiger partial charge is 0.251 e. The van der Waals surface area contributed by atoms with E-state index >= 15 is 0 Å². The Kier molecular flexibility index (Phi) is 7.67. The summed E-state index contributed by atoms with van der Waals surface area (Å²) < 4.78 is 29.9. The van der Waals surface area contributed by atoms with Crippen molar-refractivity contribution in [1.29, 1.82) is 0 Å². The van der Waals surface area contributed by atoms with Crippen molar-refractivity contribution < 1.29 is 13.2 Å². The van der Waals surface area contributed by atoms with Gasteiger partial charge in [0.05, 0.1) is 16.2 Å². The predicted molar refractivity (Wildman–Crippen MR) is 138 cm³/mol. The molecular weight excluding hydrogens is 478 g/mol. The summed E-state index contributed by atoms with van der Waals surface area (Å²) in [6, 6.07) is 6.17. The van der Waals surface area contributed by atoms with Crippen LogP contribution in [0.15, 0.2) is 29.2 Å². The Labute approximate surface area is 211 Å². The number of rotatable bonds is 11. The van der Waals surface area contributed by atoms with E-state index < -0.39 is 9.84 Å². The highest BCUT2D eigenvalue weighted by atomic mass is 32.2. The molecule has 10 nitrogen and oxygen atoms in total. The van der Waals surface area contributed by atoms with Gasteiger partial charge in [0.15, 0.2) is 9.84 Å². The molecule has 0 unspecified atom stereocenters. The lowest BCUT2D eigenvalue weighted by molar-refractivity contribution is 0.0953. The first-order chi connectivity index (χ1) is 17.3. The Morgan fingerprint density at radius 3 is 2.50 bits per heavy atom. The molecule has 1 amide bonds. The van der Waals surface area contributed by atoms with Gasteiger partial charge in [-0.2, -0.15) is 4.52 Å². The highest BCUT2D eigenvalue weighted by Gasteiger charge is 2.21. The van der Waals surface area contributed by atoms with Gasteiger partial charge >= 0.3 is 0 Å². The standard InChI is InChI=1S/C25H33N7O3S/c1-5-7-14-26-25(33)19-10-12-20(13-11-19)36(34,35)16-8-15-31-21(9-6-2)27-22-23(31)17(3)18(4)32-24(22)28-29-30-32/h10-13H,5-9,14-16H2,1-4H3,(H,26,33). The van der Waals surface area contributed by atoms with Crippen LogP contribution in [0.4, 0.5) is 0 Å². The number of imidazole rings is 1. The number of benzene rings is 1. The van der Waals surface area contributed by atoms with Crippen LogP contribution < -0.4 is 5.32 Å². The van der Waals surface area contributed by atoms with Crippen LogP contribution in [0, 0.1) is 13.8 Å².